The van der Waals surface area contributed by atoms with Crippen molar-refractivity contribution in [3.63, 3.8) is 0 Å². The lowest BCUT2D eigenvalue weighted by Gasteiger charge is -2.46. The van der Waals surface area contributed by atoms with Crippen molar-refractivity contribution in [2.45, 2.75) is 178 Å². The van der Waals surface area contributed by atoms with Crippen LogP contribution in [0, 0.1) is 23.7 Å². The molecule has 2 fully saturated rings. The van der Waals surface area contributed by atoms with Gasteiger partial charge in [-0.1, -0.05) is 24.0 Å². The number of aromatic nitrogens is 8. The standard InChI is InChI=1S/2C32H33F9N6O3/c2*1-3-23-15-26(46(29-42-44-45(2)43-29)16-18-10-21(31(36,37)38)13-22(11-18)32(39,40)41)24-14-20(30(33,34)35)8-9-25(24)47(23)28(50)19-6-4-17(5-7-19)12-27(48)49/h2*8-11,13-14,17,19,23,26H,3-7,12,15-16H2,1-2H3,(H,48,49)/t2*17?,19?,23-,26+/m11/s1. The molecule has 2 aliphatic heterocycles. The highest BCUT2D eigenvalue weighted by Crippen LogP contribution is 2.50. The molecule has 6 aromatic rings. The topological polar surface area (TPSA) is 209 Å². The van der Waals surface area contributed by atoms with Crippen LogP contribution in [-0.2, 0) is 83.4 Å². The fourth-order valence-corrected chi connectivity index (χ4v) is 13.8. The number of alkyl halides is 18. The predicted octanol–water partition coefficient (Wildman–Crippen LogP) is 15.6. The smallest absolute Gasteiger partial charge is 0.416 e. The number of carboxylic acids is 2. The second kappa shape index (κ2) is 29.1. The number of hydrogen-bond donors (Lipinski definition) is 2. The van der Waals surface area contributed by atoms with Crippen LogP contribution < -0.4 is 19.6 Å². The summed E-state index contributed by atoms with van der Waals surface area (Å²) >= 11 is 0. The Balaban J connectivity index is 0.000000233. The van der Waals surface area contributed by atoms with Gasteiger partial charge >= 0.3 is 49.0 Å². The molecule has 2 aromatic heterocycles. The number of rotatable bonds is 16. The summed E-state index contributed by atoms with van der Waals surface area (Å²) in [5.41, 5.74) is -9.25. The number of amides is 2. The van der Waals surface area contributed by atoms with E-state index in [0.29, 0.717) is 88.5 Å². The lowest BCUT2D eigenvalue weighted by atomic mass is 9.79. The molecular weight excluding hydrogens is 1370 g/mol. The summed E-state index contributed by atoms with van der Waals surface area (Å²) in [5, 5.41) is 41.9. The lowest BCUT2D eigenvalue weighted by Crippen LogP contribution is -2.50. The Hall–Kier alpha value is -8.76. The molecule has 2 saturated carbocycles. The van der Waals surface area contributed by atoms with Gasteiger partial charge in [-0.05, 0) is 194 Å². The average molecular weight is 1440 g/mol. The van der Waals surface area contributed by atoms with Crippen molar-refractivity contribution in [1.82, 2.24) is 40.4 Å². The van der Waals surface area contributed by atoms with E-state index in [2.05, 4.69) is 30.8 Å². The van der Waals surface area contributed by atoms with E-state index < -0.39 is 143 Å². The molecule has 4 aromatic carbocycles. The van der Waals surface area contributed by atoms with Gasteiger partial charge in [0.1, 0.15) is 0 Å². The number of carbonyl (C=O) groups is 4. The van der Waals surface area contributed by atoms with Gasteiger partial charge in [-0.15, -0.1) is 10.2 Å². The number of fused-ring (bicyclic) bond motifs is 2. The maximum atomic E-state index is 14.1. The first kappa shape index (κ1) is 75.4. The number of carbonyl (C=O) groups excluding carboxylic acids is 2. The molecule has 0 spiro atoms. The highest BCUT2D eigenvalue weighted by Gasteiger charge is 2.48. The van der Waals surface area contributed by atoms with Gasteiger partial charge in [-0.25, -0.2) is 0 Å². The maximum absolute atomic E-state index is 14.1. The molecule has 0 radical (unpaired) electrons. The van der Waals surface area contributed by atoms with Crippen molar-refractivity contribution in [1.29, 1.82) is 0 Å². The van der Waals surface area contributed by atoms with E-state index in [0.717, 1.165) is 46.0 Å². The van der Waals surface area contributed by atoms with Gasteiger partial charge in [0.05, 0.1) is 59.6 Å². The van der Waals surface area contributed by atoms with Crippen LogP contribution in [0.2, 0.25) is 0 Å². The van der Waals surface area contributed by atoms with E-state index in [-0.39, 0.29) is 95.9 Å². The van der Waals surface area contributed by atoms with Crippen LogP contribution >= 0.6 is 0 Å². The quantitative estimate of drug-likeness (QED) is 0.0864. The summed E-state index contributed by atoms with van der Waals surface area (Å²) in [4.78, 5) is 57.9. The molecule has 18 nitrogen and oxygen atoms in total. The van der Waals surface area contributed by atoms with Crippen LogP contribution in [0.15, 0.2) is 72.8 Å². The number of hydrogen-bond acceptors (Lipinski definition) is 12. The number of aryl methyl sites for hydroxylation is 2. The molecule has 2 amide bonds. The van der Waals surface area contributed by atoms with Crippen molar-refractivity contribution < 1.29 is 108 Å². The summed E-state index contributed by atoms with van der Waals surface area (Å²) in [6.45, 7) is 2.12. The largest absolute Gasteiger partial charge is 0.481 e. The minimum atomic E-state index is -5.15. The zero-order valence-corrected chi connectivity index (χ0v) is 53.6. The summed E-state index contributed by atoms with van der Waals surface area (Å²) in [7, 11) is 2.72. The highest BCUT2D eigenvalue weighted by molar-refractivity contribution is 5.98. The average Bonchev–Trinajstić information content (AvgIpc) is 1.16. The first-order valence-electron chi connectivity index (χ1n) is 31.6. The Morgan fingerprint density at radius 2 is 0.740 bits per heavy atom. The monoisotopic (exact) mass is 1440 g/mol. The molecule has 100 heavy (non-hydrogen) atoms. The van der Waals surface area contributed by atoms with Gasteiger partial charge in [0.15, 0.2) is 0 Å². The van der Waals surface area contributed by atoms with E-state index in [4.69, 9.17) is 0 Å². The predicted molar refractivity (Wildman–Crippen MR) is 319 cm³/mol. The van der Waals surface area contributed by atoms with Crippen LogP contribution in [0.3, 0.4) is 0 Å². The molecular formula is C64H66F18N12O6. The summed E-state index contributed by atoms with van der Waals surface area (Å²) in [6, 6.07) is 4.04. The Bertz CT molecular complexity index is 3610. The molecule has 2 aliphatic carbocycles. The number of carboxylic acid groups (broad SMARTS) is 2. The zero-order valence-electron chi connectivity index (χ0n) is 53.6. The number of tetrazole rings is 2. The second-order valence-corrected chi connectivity index (χ2v) is 25.5. The Kier molecular flexibility index (Phi) is 21.9. The molecule has 4 aliphatic rings. The number of benzene rings is 4. The third kappa shape index (κ3) is 17.5. The zero-order chi connectivity index (χ0) is 73.5. The van der Waals surface area contributed by atoms with Gasteiger partial charge in [-0.2, -0.15) is 88.6 Å². The molecule has 0 unspecified atom stereocenters. The first-order valence-corrected chi connectivity index (χ1v) is 31.6. The molecule has 0 bridgehead atoms. The van der Waals surface area contributed by atoms with Crippen molar-refractivity contribution in [2.75, 3.05) is 19.6 Å². The van der Waals surface area contributed by atoms with Crippen LogP contribution in [-0.4, -0.2) is 86.5 Å². The summed E-state index contributed by atoms with van der Waals surface area (Å²) in [6.07, 6.45) is -26.6. The number of anilines is 4. The number of aliphatic carboxylic acids is 2. The van der Waals surface area contributed by atoms with E-state index in [1.54, 1.807) is 13.8 Å². The van der Waals surface area contributed by atoms with Gasteiger partial charge in [0.25, 0.3) is 11.9 Å². The van der Waals surface area contributed by atoms with Crippen molar-refractivity contribution in [3.05, 3.63) is 128 Å². The van der Waals surface area contributed by atoms with Crippen LogP contribution in [0.25, 0.3) is 0 Å². The Labute approximate surface area is 558 Å². The fourth-order valence-electron chi connectivity index (χ4n) is 13.8. The second-order valence-electron chi connectivity index (χ2n) is 25.5. The number of nitrogens with zero attached hydrogens (tertiary/aromatic N) is 12. The van der Waals surface area contributed by atoms with Gasteiger partial charge in [-0.3, -0.25) is 19.2 Å². The molecule has 10 rings (SSSR count). The van der Waals surface area contributed by atoms with Gasteiger partial charge in [0.2, 0.25) is 11.8 Å². The normalized spacial score (nSPS) is 21.5. The first-order chi connectivity index (χ1) is 46.5. The Morgan fingerprint density at radius 3 is 0.990 bits per heavy atom. The van der Waals surface area contributed by atoms with Crippen molar-refractivity contribution in [2.24, 2.45) is 37.8 Å². The molecule has 0 saturated heterocycles. The Morgan fingerprint density at radius 1 is 0.440 bits per heavy atom. The van der Waals surface area contributed by atoms with E-state index in [1.165, 1.54) is 33.7 Å². The minimum absolute atomic E-state index is 0.0221. The minimum Gasteiger partial charge on any atom is -0.481 e. The van der Waals surface area contributed by atoms with E-state index in [9.17, 15) is 108 Å². The molecule has 2 N–H and O–H groups in total. The van der Waals surface area contributed by atoms with Crippen LogP contribution in [0.5, 0.6) is 0 Å². The fraction of sp³-hybridized carbons (Fsp3) is 0.531. The van der Waals surface area contributed by atoms with Gasteiger partial charge in [0, 0.05) is 61.2 Å². The van der Waals surface area contributed by atoms with Crippen LogP contribution in [0.1, 0.15) is 171 Å². The molecule has 544 valence electrons. The van der Waals surface area contributed by atoms with Crippen molar-refractivity contribution in [3.8, 4) is 0 Å². The number of halogens is 18. The van der Waals surface area contributed by atoms with Crippen LogP contribution in [0.4, 0.5) is 102 Å². The molecule has 4 atom stereocenters. The molecule has 36 heteroatoms. The summed E-state index contributed by atoms with van der Waals surface area (Å²) in [5.74, 6) is -4.47. The summed E-state index contributed by atoms with van der Waals surface area (Å²) < 4.78 is 250. The lowest BCUT2D eigenvalue weighted by molar-refractivity contribution is -0.144. The SMILES string of the molecule is CC[C@@H]1C[C@H](N(Cc2cc(C(F)(F)F)cc(C(F)(F)F)c2)c2nnn(C)n2)c2cc(C(F)(F)F)ccc2N1C(=O)C1CCC(CC(=O)O)CC1.CC[C@@H]1C[C@H](N(Cc2cc(C(F)(F)F)cc(C(F)(F)F)c2)c2nnn(C)n2)c2cc(C(F)(F)F)ccc2N1C(=O)C1CCC(CC(=O)O)CC1. The highest BCUT2D eigenvalue weighted by atomic mass is 19.4. The third-order valence-corrected chi connectivity index (χ3v) is 18.7. The van der Waals surface area contributed by atoms with Gasteiger partial charge < -0.3 is 29.8 Å². The van der Waals surface area contributed by atoms with E-state index >= 15 is 0 Å². The maximum Gasteiger partial charge on any atom is 0.416 e. The van der Waals surface area contributed by atoms with Crippen molar-refractivity contribution >= 4 is 47.0 Å². The molecule has 4 heterocycles. The van der Waals surface area contributed by atoms with E-state index in [1.807, 2.05) is 0 Å². The third-order valence-electron chi connectivity index (χ3n) is 18.7.